The number of nitrogens with zero attached hydrogens (tertiary/aromatic N) is 4. The molecule has 2 N–H and O–H groups in total. The maximum Gasteiger partial charge on any atom is 0.227 e. The average Bonchev–Trinajstić information content (AvgIpc) is 3.28. The van der Waals surface area contributed by atoms with E-state index in [-0.39, 0.29) is 5.82 Å². The fraction of sp³-hybridized carbons (Fsp3) is 0.269. The third-order valence-corrected chi connectivity index (χ3v) is 6.27. The van der Waals surface area contributed by atoms with Crippen LogP contribution >= 0.6 is 0 Å². The zero-order valence-electron chi connectivity index (χ0n) is 18.8. The number of halogens is 1. The molecular formula is C26H27FN6. The number of benzene rings is 2. The standard InChI is InChI=1S/C26H27FN6/c1-17-3-8-21(15-18(17)2)31-26-29-14-11-23(32-26)25-24(19-4-6-20(27)7-5-19)30-16-33(25)22-9-12-28-13-10-22/h3-8,11,14-16,22,28H,9-10,12-13H2,1-2H3,(H,29,31,32). The first-order valence-electron chi connectivity index (χ1n) is 11.3. The largest absolute Gasteiger partial charge is 0.326 e. The van der Waals surface area contributed by atoms with Gasteiger partial charge in [0, 0.05) is 23.5 Å². The monoisotopic (exact) mass is 442 g/mol. The SMILES string of the molecule is Cc1ccc(Nc2nccc(-c3c(-c4ccc(F)cc4)ncn3C3CCNCC3)n2)cc1C. The Balaban J connectivity index is 1.56. The molecule has 0 radical (unpaired) electrons. The molecule has 4 aromatic rings. The predicted molar refractivity (Wildman–Crippen MR) is 129 cm³/mol. The number of aryl methyl sites for hydroxylation is 2. The second kappa shape index (κ2) is 9.11. The molecule has 1 saturated heterocycles. The van der Waals surface area contributed by atoms with E-state index in [0.717, 1.165) is 54.3 Å². The maximum absolute atomic E-state index is 13.6. The Morgan fingerprint density at radius 2 is 1.76 bits per heavy atom. The predicted octanol–water partition coefficient (Wildman–Crippen LogP) is 5.43. The van der Waals surface area contributed by atoms with Crippen molar-refractivity contribution in [3.05, 3.63) is 78.0 Å². The highest BCUT2D eigenvalue weighted by Gasteiger charge is 2.23. The molecule has 33 heavy (non-hydrogen) atoms. The quantitative estimate of drug-likeness (QED) is 0.431. The number of anilines is 2. The lowest BCUT2D eigenvalue weighted by Gasteiger charge is -2.25. The van der Waals surface area contributed by atoms with E-state index in [1.807, 2.05) is 18.5 Å². The Morgan fingerprint density at radius 3 is 2.52 bits per heavy atom. The molecule has 168 valence electrons. The number of hydrogen-bond acceptors (Lipinski definition) is 5. The van der Waals surface area contributed by atoms with Crippen molar-refractivity contribution in [3.63, 3.8) is 0 Å². The van der Waals surface area contributed by atoms with E-state index >= 15 is 0 Å². The van der Waals surface area contributed by atoms with Crippen molar-refractivity contribution in [2.45, 2.75) is 32.7 Å². The molecule has 0 saturated carbocycles. The van der Waals surface area contributed by atoms with Gasteiger partial charge >= 0.3 is 0 Å². The van der Waals surface area contributed by atoms with E-state index in [1.54, 1.807) is 18.3 Å². The number of rotatable bonds is 5. The molecule has 2 aromatic heterocycles. The molecule has 2 aromatic carbocycles. The smallest absolute Gasteiger partial charge is 0.227 e. The summed E-state index contributed by atoms with van der Waals surface area (Å²) < 4.78 is 15.8. The van der Waals surface area contributed by atoms with Gasteiger partial charge in [-0.1, -0.05) is 6.07 Å². The zero-order chi connectivity index (χ0) is 22.8. The van der Waals surface area contributed by atoms with Crippen molar-refractivity contribution in [2.75, 3.05) is 18.4 Å². The summed E-state index contributed by atoms with van der Waals surface area (Å²) in [6.45, 7) is 6.12. The van der Waals surface area contributed by atoms with Gasteiger partial charge in [0.1, 0.15) is 5.82 Å². The van der Waals surface area contributed by atoms with Gasteiger partial charge in [-0.15, -0.1) is 0 Å². The number of aromatic nitrogens is 4. The molecule has 1 aliphatic rings. The second-order valence-corrected chi connectivity index (χ2v) is 8.53. The summed E-state index contributed by atoms with van der Waals surface area (Å²) in [6, 6.07) is 14.9. The zero-order valence-corrected chi connectivity index (χ0v) is 18.8. The number of hydrogen-bond donors (Lipinski definition) is 2. The van der Waals surface area contributed by atoms with Crippen LogP contribution in [-0.4, -0.2) is 32.6 Å². The summed E-state index contributed by atoms with van der Waals surface area (Å²) >= 11 is 0. The topological polar surface area (TPSA) is 67.7 Å². The van der Waals surface area contributed by atoms with Crippen molar-refractivity contribution in [1.82, 2.24) is 24.8 Å². The number of imidazole rings is 1. The molecular weight excluding hydrogens is 415 g/mol. The van der Waals surface area contributed by atoms with E-state index < -0.39 is 0 Å². The highest BCUT2D eigenvalue weighted by Crippen LogP contribution is 2.35. The summed E-state index contributed by atoms with van der Waals surface area (Å²) in [7, 11) is 0. The van der Waals surface area contributed by atoms with Crippen LogP contribution in [0.5, 0.6) is 0 Å². The first kappa shape index (κ1) is 21.3. The van der Waals surface area contributed by atoms with Crippen molar-refractivity contribution in [3.8, 4) is 22.6 Å². The molecule has 0 aliphatic carbocycles. The minimum Gasteiger partial charge on any atom is -0.326 e. The lowest BCUT2D eigenvalue weighted by Crippen LogP contribution is -2.29. The Bertz CT molecular complexity index is 1260. The molecule has 0 bridgehead atoms. The van der Waals surface area contributed by atoms with E-state index in [1.165, 1.54) is 23.3 Å². The Kier molecular flexibility index (Phi) is 5.88. The molecule has 1 aliphatic heterocycles. The molecule has 0 amide bonds. The molecule has 5 rings (SSSR count). The van der Waals surface area contributed by atoms with Gasteiger partial charge in [-0.05, 0) is 93.4 Å². The van der Waals surface area contributed by atoms with Gasteiger partial charge in [0.2, 0.25) is 5.95 Å². The molecule has 7 heteroatoms. The molecule has 3 heterocycles. The van der Waals surface area contributed by atoms with Gasteiger partial charge in [-0.2, -0.15) is 0 Å². The second-order valence-electron chi connectivity index (χ2n) is 8.53. The summed E-state index contributed by atoms with van der Waals surface area (Å²) in [5.74, 6) is 0.263. The Morgan fingerprint density at radius 1 is 0.970 bits per heavy atom. The van der Waals surface area contributed by atoms with Crippen molar-refractivity contribution < 1.29 is 4.39 Å². The van der Waals surface area contributed by atoms with E-state index in [2.05, 4.69) is 46.2 Å². The van der Waals surface area contributed by atoms with Crippen molar-refractivity contribution in [2.24, 2.45) is 0 Å². The van der Waals surface area contributed by atoms with Gasteiger partial charge in [0.15, 0.2) is 0 Å². The molecule has 0 atom stereocenters. The van der Waals surface area contributed by atoms with Crippen molar-refractivity contribution in [1.29, 1.82) is 0 Å². The molecule has 1 fully saturated rings. The van der Waals surface area contributed by atoms with E-state index in [4.69, 9.17) is 9.97 Å². The summed E-state index contributed by atoms with van der Waals surface area (Å²) in [5.41, 5.74) is 6.76. The lowest BCUT2D eigenvalue weighted by atomic mass is 10.0. The van der Waals surface area contributed by atoms with Crippen LogP contribution in [0, 0.1) is 19.7 Å². The Labute approximate surface area is 192 Å². The summed E-state index contributed by atoms with van der Waals surface area (Å²) in [6.07, 6.45) is 5.69. The van der Waals surface area contributed by atoms with Crippen molar-refractivity contribution >= 4 is 11.6 Å². The highest BCUT2D eigenvalue weighted by molar-refractivity contribution is 5.77. The van der Waals surface area contributed by atoms with E-state index in [9.17, 15) is 4.39 Å². The fourth-order valence-corrected chi connectivity index (χ4v) is 4.29. The minimum atomic E-state index is -0.264. The van der Waals surface area contributed by atoms with Gasteiger partial charge in [-0.25, -0.2) is 19.3 Å². The summed E-state index contributed by atoms with van der Waals surface area (Å²) in [4.78, 5) is 14.0. The number of piperidine rings is 1. The normalized spacial score (nSPS) is 14.4. The minimum absolute atomic E-state index is 0.264. The van der Waals surface area contributed by atoms with Gasteiger partial charge in [0.25, 0.3) is 0 Å². The van der Waals surface area contributed by atoms with Crippen LogP contribution in [0.4, 0.5) is 16.0 Å². The third-order valence-electron chi connectivity index (χ3n) is 6.27. The first-order valence-corrected chi connectivity index (χ1v) is 11.3. The summed E-state index contributed by atoms with van der Waals surface area (Å²) in [5, 5.41) is 6.75. The fourth-order valence-electron chi connectivity index (χ4n) is 4.29. The first-order chi connectivity index (χ1) is 16.1. The van der Waals surface area contributed by atoms with Crippen LogP contribution in [0.3, 0.4) is 0 Å². The van der Waals surface area contributed by atoms with E-state index in [0.29, 0.717) is 12.0 Å². The van der Waals surface area contributed by atoms with Crippen LogP contribution in [0.25, 0.3) is 22.6 Å². The van der Waals surface area contributed by atoms with Gasteiger partial charge < -0.3 is 15.2 Å². The third kappa shape index (κ3) is 4.50. The van der Waals surface area contributed by atoms with Gasteiger partial charge in [0.05, 0.1) is 23.4 Å². The van der Waals surface area contributed by atoms with Crippen LogP contribution in [0.15, 0.2) is 61.1 Å². The molecule has 0 spiro atoms. The Hall–Kier alpha value is -3.58. The number of nitrogens with one attached hydrogen (secondary N) is 2. The molecule has 6 nitrogen and oxygen atoms in total. The van der Waals surface area contributed by atoms with Crippen LogP contribution in [0.1, 0.15) is 30.0 Å². The molecule has 0 unspecified atom stereocenters. The van der Waals surface area contributed by atoms with Gasteiger partial charge in [-0.3, -0.25) is 0 Å². The van der Waals surface area contributed by atoms with Crippen LogP contribution < -0.4 is 10.6 Å². The lowest BCUT2D eigenvalue weighted by molar-refractivity contribution is 0.370. The average molecular weight is 443 g/mol. The maximum atomic E-state index is 13.6. The van der Waals surface area contributed by atoms with Crippen LogP contribution in [-0.2, 0) is 0 Å². The highest BCUT2D eigenvalue weighted by atomic mass is 19.1. The van der Waals surface area contributed by atoms with Crippen LogP contribution in [0.2, 0.25) is 0 Å².